The van der Waals surface area contributed by atoms with E-state index >= 15 is 0 Å². The van der Waals surface area contributed by atoms with Gasteiger partial charge in [-0.1, -0.05) is 13.3 Å². The molecule has 2 aliphatic heterocycles. The summed E-state index contributed by atoms with van der Waals surface area (Å²) in [5.41, 5.74) is -0.768. The van der Waals surface area contributed by atoms with Crippen LogP contribution in [0.1, 0.15) is 51.9 Å². The maximum Gasteiger partial charge on any atom is 0.325 e. The molecule has 1 saturated carbocycles. The van der Waals surface area contributed by atoms with Crippen molar-refractivity contribution >= 4 is 17.8 Å². The summed E-state index contributed by atoms with van der Waals surface area (Å²) in [6.07, 6.45) is 6.60. The zero-order valence-electron chi connectivity index (χ0n) is 15.1. The Bertz CT molecular complexity index is 522. The molecule has 1 unspecified atom stereocenters. The molecule has 1 spiro atoms. The molecule has 0 bridgehead atoms. The van der Waals surface area contributed by atoms with Gasteiger partial charge in [0.1, 0.15) is 12.1 Å². The predicted molar refractivity (Wildman–Crippen MR) is 93.8 cm³/mol. The third-order valence-electron chi connectivity index (χ3n) is 6.07. The molecule has 3 rings (SSSR count). The quantitative estimate of drug-likeness (QED) is 0.645. The number of carbonyl (C=O) groups is 3. The van der Waals surface area contributed by atoms with E-state index in [1.165, 1.54) is 0 Å². The highest BCUT2D eigenvalue weighted by Crippen LogP contribution is 2.37. The molecule has 4 amide bonds. The smallest absolute Gasteiger partial charge is 0.325 e. The Morgan fingerprint density at radius 1 is 1.24 bits per heavy atom. The average molecular weight is 350 g/mol. The Balaban J connectivity index is 1.51. The van der Waals surface area contributed by atoms with E-state index in [-0.39, 0.29) is 18.4 Å². The van der Waals surface area contributed by atoms with Gasteiger partial charge in [-0.2, -0.15) is 0 Å². The molecule has 140 valence electrons. The van der Waals surface area contributed by atoms with Crippen molar-refractivity contribution in [3.63, 3.8) is 0 Å². The zero-order chi connectivity index (χ0) is 17.9. The highest BCUT2D eigenvalue weighted by molar-refractivity contribution is 6.09. The molecule has 1 atom stereocenters. The van der Waals surface area contributed by atoms with E-state index in [0.717, 1.165) is 50.1 Å². The Morgan fingerprint density at radius 3 is 2.64 bits per heavy atom. The third-order valence-corrected chi connectivity index (χ3v) is 6.07. The molecule has 0 aromatic carbocycles. The number of imide groups is 1. The molecular weight excluding hydrogens is 320 g/mol. The van der Waals surface area contributed by atoms with Crippen molar-refractivity contribution < 1.29 is 14.4 Å². The number of hydrogen-bond acceptors (Lipinski definition) is 4. The minimum absolute atomic E-state index is 0.177. The van der Waals surface area contributed by atoms with Gasteiger partial charge in [0.05, 0.1) is 0 Å². The van der Waals surface area contributed by atoms with Gasteiger partial charge >= 0.3 is 6.03 Å². The predicted octanol–water partition coefficient (Wildman–Crippen LogP) is 0.993. The van der Waals surface area contributed by atoms with Crippen LogP contribution in [0.2, 0.25) is 0 Å². The molecule has 2 heterocycles. The van der Waals surface area contributed by atoms with Crippen LogP contribution in [0.4, 0.5) is 4.79 Å². The van der Waals surface area contributed by atoms with Gasteiger partial charge in [-0.3, -0.25) is 14.5 Å². The van der Waals surface area contributed by atoms with E-state index in [1.807, 2.05) is 0 Å². The molecule has 3 N–H and O–H groups in total. The maximum atomic E-state index is 12.8. The van der Waals surface area contributed by atoms with Gasteiger partial charge in [0, 0.05) is 6.54 Å². The molecule has 3 fully saturated rings. The average Bonchev–Trinajstić information content (AvgIpc) is 2.86. The summed E-state index contributed by atoms with van der Waals surface area (Å²) < 4.78 is 0. The van der Waals surface area contributed by atoms with Crippen LogP contribution < -0.4 is 16.0 Å². The fraction of sp³-hybridized carbons (Fsp3) is 0.833. The van der Waals surface area contributed by atoms with Crippen LogP contribution in [0.3, 0.4) is 0 Å². The molecule has 0 aromatic rings. The lowest BCUT2D eigenvalue weighted by atomic mass is 9.75. The molecule has 25 heavy (non-hydrogen) atoms. The summed E-state index contributed by atoms with van der Waals surface area (Å²) in [4.78, 5) is 38.3. The first-order chi connectivity index (χ1) is 12.0. The van der Waals surface area contributed by atoms with Gasteiger partial charge in [0.2, 0.25) is 5.91 Å². The van der Waals surface area contributed by atoms with E-state index in [9.17, 15) is 14.4 Å². The van der Waals surface area contributed by atoms with Gasteiger partial charge < -0.3 is 16.0 Å². The summed E-state index contributed by atoms with van der Waals surface area (Å²) in [7, 11) is 0. The van der Waals surface area contributed by atoms with Crippen molar-refractivity contribution in [2.24, 2.45) is 11.8 Å². The first-order valence-corrected chi connectivity index (χ1v) is 9.65. The van der Waals surface area contributed by atoms with Crippen LogP contribution in [-0.4, -0.2) is 54.5 Å². The zero-order valence-corrected chi connectivity index (χ0v) is 15.1. The van der Waals surface area contributed by atoms with Crippen LogP contribution in [0.5, 0.6) is 0 Å². The number of rotatable bonds is 5. The molecule has 0 aromatic heterocycles. The first-order valence-electron chi connectivity index (χ1n) is 9.65. The summed E-state index contributed by atoms with van der Waals surface area (Å²) in [6.45, 7) is 4.53. The molecule has 3 aliphatic rings. The number of carbonyl (C=O) groups excluding carboxylic acids is 3. The number of hydrogen-bond donors (Lipinski definition) is 3. The highest BCUT2D eigenvalue weighted by Gasteiger charge is 2.52. The fourth-order valence-electron chi connectivity index (χ4n) is 4.29. The Kier molecular flexibility index (Phi) is 5.61. The largest absolute Gasteiger partial charge is 0.354 e. The molecule has 7 heteroatoms. The van der Waals surface area contributed by atoms with Crippen LogP contribution in [0, 0.1) is 11.8 Å². The SMILES string of the molecule is CCC1CCC2(CC1)NC(=O)N(CC(=O)NCC1CCCNC1)C2=O. The van der Waals surface area contributed by atoms with E-state index in [4.69, 9.17) is 0 Å². The summed E-state index contributed by atoms with van der Waals surface area (Å²) >= 11 is 0. The molecule has 1 aliphatic carbocycles. The minimum Gasteiger partial charge on any atom is -0.354 e. The Labute approximate surface area is 149 Å². The fourth-order valence-corrected chi connectivity index (χ4v) is 4.29. The topological polar surface area (TPSA) is 90.5 Å². The summed E-state index contributed by atoms with van der Waals surface area (Å²) in [6, 6.07) is -0.422. The second kappa shape index (κ2) is 7.72. The van der Waals surface area contributed by atoms with E-state index in [1.54, 1.807) is 0 Å². The van der Waals surface area contributed by atoms with E-state index in [0.29, 0.717) is 31.2 Å². The standard InChI is InChI=1S/C18H30N4O3/c1-2-13-5-7-18(8-6-13)16(24)22(17(25)21-18)12-15(23)20-11-14-4-3-9-19-10-14/h13-14,19H,2-12H2,1H3,(H,20,23)(H,21,25). The Hall–Kier alpha value is -1.63. The van der Waals surface area contributed by atoms with Crippen molar-refractivity contribution in [3.05, 3.63) is 0 Å². The second-order valence-electron chi connectivity index (χ2n) is 7.77. The van der Waals surface area contributed by atoms with Crippen LogP contribution in [-0.2, 0) is 9.59 Å². The number of nitrogens with one attached hydrogen (secondary N) is 3. The van der Waals surface area contributed by atoms with Crippen molar-refractivity contribution in [2.75, 3.05) is 26.2 Å². The molecule has 2 saturated heterocycles. The highest BCUT2D eigenvalue weighted by atomic mass is 16.2. The van der Waals surface area contributed by atoms with Gasteiger partial charge in [-0.05, 0) is 63.5 Å². The van der Waals surface area contributed by atoms with Gasteiger partial charge in [0.15, 0.2) is 0 Å². The van der Waals surface area contributed by atoms with Gasteiger partial charge in [-0.15, -0.1) is 0 Å². The van der Waals surface area contributed by atoms with Crippen LogP contribution in [0.15, 0.2) is 0 Å². The van der Waals surface area contributed by atoms with Crippen molar-refractivity contribution in [3.8, 4) is 0 Å². The monoisotopic (exact) mass is 350 g/mol. The lowest BCUT2D eigenvalue weighted by Gasteiger charge is -2.34. The minimum atomic E-state index is -0.768. The third kappa shape index (κ3) is 3.97. The molecular formula is C18H30N4O3. The lowest BCUT2D eigenvalue weighted by molar-refractivity contribution is -0.136. The first kappa shape index (κ1) is 18.2. The van der Waals surface area contributed by atoms with Gasteiger partial charge in [-0.25, -0.2) is 4.79 Å². The lowest BCUT2D eigenvalue weighted by Crippen LogP contribution is -2.50. The normalized spacial score (nSPS) is 32.8. The van der Waals surface area contributed by atoms with Crippen molar-refractivity contribution in [1.29, 1.82) is 0 Å². The second-order valence-corrected chi connectivity index (χ2v) is 7.77. The van der Waals surface area contributed by atoms with E-state index in [2.05, 4.69) is 22.9 Å². The number of nitrogens with zero attached hydrogens (tertiary/aromatic N) is 1. The number of piperidine rings is 1. The summed E-state index contributed by atoms with van der Waals surface area (Å²) in [5.74, 6) is 0.586. The molecule has 0 radical (unpaired) electrons. The van der Waals surface area contributed by atoms with Gasteiger partial charge in [0.25, 0.3) is 5.91 Å². The summed E-state index contributed by atoms with van der Waals surface area (Å²) in [5, 5.41) is 9.06. The van der Waals surface area contributed by atoms with Crippen LogP contribution in [0.25, 0.3) is 0 Å². The van der Waals surface area contributed by atoms with Crippen molar-refractivity contribution in [2.45, 2.75) is 57.4 Å². The van der Waals surface area contributed by atoms with Crippen LogP contribution >= 0.6 is 0 Å². The molecule has 7 nitrogen and oxygen atoms in total. The number of amides is 4. The van der Waals surface area contributed by atoms with Crippen molar-refractivity contribution in [1.82, 2.24) is 20.9 Å². The number of urea groups is 1. The maximum absolute atomic E-state index is 12.8. The van der Waals surface area contributed by atoms with E-state index < -0.39 is 11.6 Å². The Morgan fingerprint density at radius 2 is 2.00 bits per heavy atom.